The summed E-state index contributed by atoms with van der Waals surface area (Å²) in [5.74, 6) is 2.45. The van der Waals surface area contributed by atoms with Gasteiger partial charge >= 0.3 is 8.16 Å². The zero-order valence-corrected chi connectivity index (χ0v) is 21.9. The summed E-state index contributed by atoms with van der Waals surface area (Å²) >= 11 is 0. The second-order valence-corrected chi connectivity index (χ2v) is 13.2. The van der Waals surface area contributed by atoms with Crippen molar-refractivity contribution in [1.82, 2.24) is 0 Å². The van der Waals surface area contributed by atoms with E-state index in [1.165, 1.54) is 58.0 Å². The molecule has 0 unspecified atom stereocenters. The highest BCUT2D eigenvalue weighted by molar-refractivity contribution is 7.39. The van der Waals surface area contributed by atoms with Crippen LogP contribution in [-0.4, -0.2) is 12.6 Å². The number of nitrogens with zero attached hydrogens (tertiary/aromatic N) is 1. The number of fused-ring (bicyclic) bond motifs is 7. The van der Waals surface area contributed by atoms with Crippen LogP contribution < -0.4 is 4.67 Å². The summed E-state index contributed by atoms with van der Waals surface area (Å²) < 4.78 is 16.6. The highest BCUT2D eigenvalue weighted by Crippen LogP contribution is 2.64. The van der Waals surface area contributed by atoms with Crippen molar-refractivity contribution in [3.8, 4) is 0 Å². The molecule has 1 saturated heterocycles. The lowest BCUT2D eigenvalue weighted by Crippen LogP contribution is -2.62. The fraction of sp³-hybridized carbons (Fsp3) is 0.375. The molecule has 9 rings (SSSR count). The third kappa shape index (κ3) is 2.91. The monoisotopic (exact) mass is 493 g/mol. The van der Waals surface area contributed by atoms with E-state index in [4.69, 9.17) is 8.39 Å². The van der Waals surface area contributed by atoms with Crippen LogP contribution in [0.25, 0.3) is 43.5 Å². The molecule has 4 fully saturated rings. The molecule has 4 aliphatic rings. The van der Waals surface area contributed by atoms with Gasteiger partial charge in [-0.15, -0.1) is 0 Å². The first-order valence-corrected chi connectivity index (χ1v) is 14.7. The number of benzene rings is 4. The lowest BCUT2D eigenvalue weighted by molar-refractivity contribution is -0.121. The van der Waals surface area contributed by atoms with Crippen LogP contribution in [0.5, 0.6) is 0 Å². The Morgan fingerprint density at radius 2 is 1.39 bits per heavy atom. The molecule has 3 nitrogen and oxygen atoms in total. The topological polar surface area (TPSA) is 29.5 Å². The maximum absolute atomic E-state index is 6.96. The fourth-order valence-corrected chi connectivity index (χ4v) is 9.67. The van der Waals surface area contributed by atoms with Crippen molar-refractivity contribution in [2.75, 3.05) is 11.2 Å². The summed E-state index contributed by atoms with van der Waals surface area (Å²) in [5, 5.41) is 7.27. The van der Waals surface area contributed by atoms with Crippen molar-refractivity contribution in [3.05, 3.63) is 72.8 Å². The molecule has 1 aliphatic heterocycles. The second-order valence-electron chi connectivity index (χ2n) is 11.9. The molecule has 0 radical (unpaired) electrons. The summed E-state index contributed by atoms with van der Waals surface area (Å²) in [4.78, 5) is 0. The number of piperidine rings is 1. The van der Waals surface area contributed by atoms with Gasteiger partial charge in [-0.3, -0.25) is 0 Å². The summed E-state index contributed by atoms with van der Waals surface area (Å²) in [6.45, 7) is 6.08. The molecule has 3 aliphatic carbocycles. The molecule has 3 saturated carbocycles. The Kier molecular flexibility index (Phi) is 4.53. The summed E-state index contributed by atoms with van der Waals surface area (Å²) in [6, 6.07) is 26.7. The zero-order chi connectivity index (χ0) is 24.0. The predicted molar refractivity (Wildman–Crippen MR) is 151 cm³/mol. The van der Waals surface area contributed by atoms with Gasteiger partial charge in [0.1, 0.15) is 11.2 Å². The average Bonchev–Trinajstić information content (AvgIpc) is 3.09. The van der Waals surface area contributed by atoms with Crippen molar-refractivity contribution >= 4 is 51.6 Å². The predicted octanol–water partition coefficient (Wildman–Crippen LogP) is 9.38. The molecule has 2 bridgehead atoms. The zero-order valence-electron chi connectivity index (χ0n) is 21.0. The Bertz CT molecular complexity index is 1600. The van der Waals surface area contributed by atoms with Gasteiger partial charge < -0.3 is 8.39 Å². The van der Waals surface area contributed by atoms with E-state index in [1.807, 2.05) is 0 Å². The minimum atomic E-state index is -1.24. The Morgan fingerprint density at radius 3 is 2.00 bits per heavy atom. The lowest BCUT2D eigenvalue weighted by Gasteiger charge is -2.64. The van der Waals surface area contributed by atoms with E-state index in [2.05, 4.69) is 91.3 Å². The van der Waals surface area contributed by atoms with E-state index in [0.29, 0.717) is 11.5 Å². The van der Waals surface area contributed by atoms with Crippen LogP contribution in [0.15, 0.2) is 81.2 Å². The molecule has 182 valence electrons. The van der Waals surface area contributed by atoms with Crippen LogP contribution in [0.3, 0.4) is 0 Å². The van der Waals surface area contributed by atoms with E-state index < -0.39 is 8.16 Å². The fourth-order valence-electron chi connectivity index (χ4n) is 7.97. The first-order valence-electron chi connectivity index (χ1n) is 13.6. The van der Waals surface area contributed by atoms with Crippen molar-refractivity contribution in [2.45, 2.75) is 45.6 Å². The van der Waals surface area contributed by atoms with Gasteiger partial charge in [0.05, 0.1) is 0 Å². The Hall–Kier alpha value is -2.74. The molecule has 2 heterocycles. The van der Waals surface area contributed by atoms with E-state index in [0.717, 1.165) is 35.5 Å². The van der Waals surface area contributed by atoms with Crippen LogP contribution in [0.1, 0.15) is 39.5 Å². The van der Waals surface area contributed by atoms with Gasteiger partial charge in [0.25, 0.3) is 0 Å². The van der Waals surface area contributed by atoms with Gasteiger partial charge in [0, 0.05) is 23.4 Å². The third-order valence-corrected chi connectivity index (χ3v) is 11.6. The molecule has 0 spiro atoms. The van der Waals surface area contributed by atoms with E-state index in [1.54, 1.807) is 0 Å². The third-order valence-electron chi connectivity index (χ3n) is 9.99. The normalized spacial score (nSPS) is 27.3. The molecular formula is C32H32NO2P. The van der Waals surface area contributed by atoms with Crippen LogP contribution >= 0.6 is 8.16 Å². The SMILES string of the molecule is CC1(C)[C@@H]2C[C@@H]3[C@@H](CCCN3p3oc4ccc5ccccc5c4c4c(ccc5ccccc54)o3)[C@@H]1C2. The van der Waals surface area contributed by atoms with Gasteiger partial charge in [-0.2, -0.15) is 4.67 Å². The Balaban J connectivity index is 1.42. The molecule has 4 aromatic carbocycles. The van der Waals surface area contributed by atoms with E-state index in [-0.39, 0.29) is 0 Å². The van der Waals surface area contributed by atoms with E-state index >= 15 is 0 Å². The maximum Gasteiger partial charge on any atom is 0.309 e. The highest BCUT2D eigenvalue weighted by atomic mass is 31.1. The summed E-state index contributed by atoms with van der Waals surface area (Å²) in [5.41, 5.74) is 2.41. The van der Waals surface area contributed by atoms with Gasteiger partial charge in [-0.25, -0.2) is 0 Å². The van der Waals surface area contributed by atoms with E-state index in [9.17, 15) is 0 Å². The molecule has 0 N–H and O–H groups in total. The van der Waals surface area contributed by atoms with Gasteiger partial charge in [-0.05, 0) is 82.5 Å². The van der Waals surface area contributed by atoms with Crippen molar-refractivity contribution < 1.29 is 8.39 Å². The molecule has 1 aromatic heterocycles. The highest BCUT2D eigenvalue weighted by Gasteiger charge is 2.59. The standard InChI is InChI=1S/C32H32NO2P/c1-32(2)22-18-26(32)25-12-7-17-33(27(25)19-22)36-34-28-15-13-20-8-3-5-10-23(20)30(28)31-24-11-6-4-9-21(24)14-16-29(31)35-36/h3-6,8-11,13-16,22,25-27H,7,12,17-19H2,1-2H3/t22-,25-,26-,27+/m0/s1. The molecule has 5 aromatic rings. The first kappa shape index (κ1) is 21.4. The quantitative estimate of drug-likeness (QED) is 0.233. The molecular weight excluding hydrogens is 461 g/mol. The Labute approximate surface area is 212 Å². The van der Waals surface area contributed by atoms with Crippen LogP contribution in [0.2, 0.25) is 0 Å². The summed E-state index contributed by atoms with van der Waals surface area (Å²) in [7, 11) is -1.24. The minimum Gasteiger partial charge on any atom is -0.408 e. The Morgan fingerprint density at radius 1 is 0.778 bits per heavy atom. The lowest BCUT2D eigenvalue weighted by atomic mass is 9.43. The molecule has 0 amide bonds. The molecule has 4 heteroatoms. The van der Waals surface area contributed by atoms with Crippen molar-refractivity contribution in [1.29, 1.82) is 0 Å². The molecule has 36 heavy (non-hydrogen) atoms. The van der Waals surface area contributed by atoms with Crippen LogP contribution in [-0.2, 0) is 0 Å². The summed E-state index contributed by atoms with van der Waals surface area (Å²) in [6.07, 6.45) is 5.30. The number of rotatable bonds is 1. The molecule has 4 atom stereocenters. The smallest absolute Gasteiger partial charge is 0.309 e. The van der Waals surface area contributed by atoms with Gasteiger partial charge in [0.2, 0.25) is 0 Å². The minimum absolute atomic E-state index is 0.500. The number of hydrogen-bond acceptors (Lipinski definition) is 3. The number of hydrogen-bond donors (Lipinski definition) is 0. The van der Waals surface area contributed by atoms with Gasteiger partial charge in [0.15, 0.2) is 0 Å². The van der Waals surface area contributed by atoms with Crippen molar-refractivity contribution in [3.63, 3.8) is 0 Å². The largest absolute Gasteiger partial charge is 0.408 e. The van der Waals surface area contributed by atoms with Crippen molar-refractivity contribution in [2.24, 2.45) is 23.2 Å². The van der Waals surface area contributed by atoms with Crippen LogP contribution in [0.4, 0.5) is 0 Å². The second kappa shape index (κ2) is 7.63. The van der Waals surface area contributed by atoms with Gasteiger partial charge in [-0.1, -0.05) is 74.5 Å². The van der Waals surface area contributed by atoms with Crippen LogP contribution in [0, 0.1) is 23.2 Å². The maximum atomic E-state index is 6.96. The average molecular weight is 494 g/mol. The first-order chi connectivity index (χ1) is 17.6.